The molecule has 0 spiro atoms. The highest BCUT2D eigenvalue weighted by Crippen LogP contribution is 2.42. The molecule has 1 rings (SSSR count). The molecule has 6 heteroatoms. The fourth-order valence-corrected chi connectivity index (χ4v) is 2.31. The van der Waals surface area contributed by atoms with Crippen LogP contribution in [0.3, 0.4) is 0 Å². The molecule has 1 saturated carbocycles. The van der Waals surface area contributed by atoms with Crippen molar-refractivity contribution < 1.29 is 4.79 Å². The van der Waals surface area contributed by atoms with Crippen molar-refractivity contribution in [3.05, 3.63) is 0 Å². The van der Waals surface area contributed by atoms with E-state index in [9.17, 15) is 4.79 Å². The van der Waals surface area contributed by atoms with Gasteiger partial charge in [0.25, 0.3) is 0 Å². The van der Waals surface area contributed by atoms with E-state index in [1.807, 2.05) is 6.92 Å². The SMILES string of the molecule is CCCNC(=O)CNC(=NC)NCC1(CC)CCC1.I. The molecule has 0 heterocycles. The van der Waals surface area contributed by atoms with Gasteiger partial charge in [-0.3, -0.25) is 9.79 Å². The number of amides is 1. The van der Waals surface area contributed by atoms with Crippen molar-refractivity contribution in [1.82, 2.24) is 16.0 Å². The first kappa shape index (κ1) is 19.5. The van der Waals surface area contributed by atoms with E-state index in [4.69, 9.17) is 0 Å². The molecule has 0 atom stereocenters. The molecule has 0 aromatic carbocycles. The predicted octanol–water partition coefficient (Wildman–Crippen LogP) is 1.88. The lowest BCUT2D eigenvalue weighted by Crippen LogP contribution is -2.48. The van der Waals surface area contributed by atoms with Crippen LogP contribution in [0.1, 0.15) is 46.0 Å². The van der Waals surface area contributed by atoms with Gasteiger partial charge >= 0.3 is 0 Å². The number of guanidine groups is 1. The number of carbonyl (C=O) groups excluding carboxylic acids is 1. The molecule has 20 heavy (non-hydrogen) atoms. The Balaban J connectivity index is 0.00000361. The second-order valence-electron chi connectivity index (χ2n) is 5.34. The van der Waals surface area contributed by atoms with Gasteiger partial charge in [-0.1, -0.05) is 20.3 Å². The molecule has 0 bridgehead atoms. The summed E-state index contributed by atoms with van der Waals surface area (Å²) < 4.78 is 0. The van der Waals surface area contributed by atoms with E-state index in [0.717, 1.165) is 19.5 Å². The largest absolute Gasteiger partial charge is 0.356 e. The summed E-state index contributed by atoms with van der Waals surface area (Å²) in [5.74, 6) is 0.727. The van der Waals surface area contributed by atoms with Crippen molar-refractivity contribution in [1.29, 1.82) is 0 Å². The van der Waals surface area contributed by atoms with Crippen LogP contribution < -0.4 is 16.0 Å². The predicted molar refractivity (Wildman–Crippen MR) is 94.7 cm³/mol. The summed E-state index contributed by atoms with van der Waals surface area (Å²) >= 11 is 0. The van der Waals surface area contributed by atoms with Crippen molar-refractivity contribution >= 4 is 35.8 Å². The maximum atomic E-state index is 11.5. The first-order valence-corrected chi connectivity index (χ1v) is 7.37. The number of rotatable bonds is 7. The Morgan fingerprint density at radius 3 is 2.35 bits per heavy atom. The van der Waals surface area contributed by atoms with Crippen molar-refractivity contribution in [2.45, 2.75) is 46.0 Å². The van der Waals surface area contributed by atoms with E-state index in [-0.39, 0.29) is 36.4 Å². The molecule has 0 aromatic heterocycles. The second kappa shape index (κ2) is 10.2. The minimum atomic E-state index is 0. The topological polar surface area (TPSA) is 65.5 Å². The maximum absolute atomic E-state index is 11.5. The van der Waals surface area contributed by atoms with Gasteiger partial charge in [-0.2, -0.15) is 0 Å². The normalized spacial score (nSPS) is 16.6. The lowest BCUT2D eigenvalue weighted by molar-refractivity contribution is -0.120. The van der Waals surface area contributed by atoms with Crippen LogP contribution in [0.4, 0.5) is 0 Å². The van der Waals surface area contributed by atoms with Gasteiger partial charge in [-0.05, 0) is 31.1 Å². The highest BCUT2D eigenvalue weighted by atomic mass is 127. The third-order valence-electron chi connectivity index (χ3n) is 4.01. The van der Waals surface area contributed by atoms with Crippen LogP contribution in [0.5, 0.6) is 0 Å². The molecule has 1 amide bonds. The summed E-state index contributed by atoms with van der Waals surface area (Å²) in [5.41, 5.74) is 0.447. The molecule has 0 aromatic rings. The Bertz CT molecular complexity index is 311. The Labute approximate surface area is 139 Å². The minimum absolute atomic E-state index is 0. The Kier molecular flexibility index (Phi) is 9.96. The zero-order valence-electron chi connectivity index (χ0n) is 12.9. The van der Waals surface area contributed by atoms with Gasteiger partial charge in [-0.25, -0.2) is 0 Å². The highest BCUT2D eigenvalue weighted by Gasteiger charge is 2.34. The van der Waals surface area contributed by atoms with Crippen LogP contribution in [0.2, 0.25) is 0 Å². The summed E-state index contributed by atoms with van der Waals surface area (Å²) in [6, 6.07) is 0. The third kappa shape index (κ3) is 6.28. The van der Waals surface area contributed by atoms with Gasteiger partial charge < -0.3 is 16.0 Å². The summed E-state index contributed by atoms with van der Waals surface area (Å²) in [5, 5.41) is 9.22. The van der Waals surface area contributed by atoms with E-state index >= 15 is 0 Å². The zero-order valence-corrected chi connectivity index (χ0v) is 15.3. The molecule has 1 aliphatic carbocycles. The lowest BCUT2D eigenvalue weighted by atomic mass is 9.67. The lowest BCUT2D eigenvalue weighted by Gasteiger charge is -2.41. The van der Waals surface area contributed by atoms with Gasteiger partial charge in [0.2, 0.25) is 5.91 Å². The number of halogens is 1. The van der Waals surface area contributed by atoms with Crippen molar-refractivity contribution in [3.8, 4) is 0 Å². The molecular weight excluding hydrogens is 367 g/mol. The Morgan fingerprint density at radius 1 is 1.20 bits per heavy atom. The fraction of sp³-hybridized carbons (Fsp3) is 0.857. The average molecular weight is 396 g/mol. The zero-order chi connectivity index (χ0) is 14.1. The first-order chi connectivity index (χ1) is 9.15. The van der Waals surface area contributed by atoms with E-state index in [1.165, 1.54) is 25.7 Å². The molecule has 0 unspecified atom stereocenters. The second-order valence-corrected chi connectivity index (χ2v) is 5.34. The summed E-state index contributed by atoms with van der Waals surface area (Å²) in [7, 11) is 1.73. The Morgan fingerprint density at radius 2 is 1.90 bits per heavy atom. The number of hydrogen-bond acceptors (Lipinski definition) is 2. The standard InChI is InChI=1S/C14H28N4O.HI/c1-4-9-16-12(19)10-17-13(15-3)18-11-14(5-2)7-6-8-14;/h4-11H2,1-3H3,(H,16,19)(H2,15,17,18);1H. The average Bonchev–Trinajstić information content (AvgIpc) is 2.38. The van der Waals surface area contributed by atoms with Gasteiger partial charge in [0.05, 0.1) is 6.54 Å². The first-order valence-electron chi connectivity index (χ1n) is 7.37. The van der Waals surface area contributed by atoms with Crippen LogP contribution >= 0.6 is 24.0 Å². The molecule has 3 N–H and O–H groups in total. The van der Waals surface area contributed by atoms with Crippen molar-refractivity contribution in [2.24, 2.45) is 10.4 Å². The van der Waals surface area contributed by atoms with Gasteiger partial charge in [0, 0.05) is 20.1 Å². The molecule has 118 valence electrons. The van der Waals surface area contributed by atoms with E-state index in [2.05, 4.69) is 27.9 Å². The van der Waals surface area contributed by atoms with Crippen molar-refractivity contribution in [2.75, 3.05) is 26.7 Å². The number of carbonyl (C=O) groups is 1. The molecule has 0 radical (unpaired) electrons. The van der Waals surface area contributed by atoms with Crippen molar-refractivity contribution in [3.63, 3.8) is 0 Å². The summed E-state index contributed by atoms with van der Waals surface area (Å²) in [4.78, 5) is 15.6. The smallest absolute Gasteiger partial charge is 0.239 e. The highest BCUT2D eigenvalue weighted by molar-refractivity contribution is 14.0. The monoisotopic (exact) mass is 396 g/mol. The number of nitrogens with one attached hydrogen (secondary N) is 3. The minimum Gasteiger partial charge on any atom is -0.356 e. The number of aliphatic imine (C=N–C) groups is 1. The van der Waals surface area contributed by atoms with Crippen LogP contribution in [-0.2, 0) is 4.79 Å². The molecule has 5 nitrogen and oxygen atoms in total. The molecule has 1 aliphatic rings. The molecule has 0 saturated heterocycles. The van der Waals surface area contributed by atoms with Crippen LogP contribution in [-0.4, -0.2) is 38.5 Å². The van der Waals surface area contributed by atoms with Crippen LogP contribution in [0.15, 0.2) is 4.99 Å². The van der Waals surface area contributed by atoms with E-state index in [1.54, 1.807) is 7.05 Å². The van der Waals surface area contributed by atoms with Gasteiger partial charge in [0.15, 0.2) is 5.96 Å². The van der Waals surface area contributed by atoms with E-state index in [0.29, 0.717) is 11.4 Å². The molecular formula is C14H29IN4O. The summed E-state index contributed by atoms with van der Waals surface area (Å²) in [6.45, 7) is 6.23. The van der Waals surface area contributed by atoms with Gasteiger partial charge in [-0.15, -0.1) is 24.0 Å². The maximum Gasteiger partial charge on any atom is 0.239 e. The summed E-state index contributed by atoms with van der Waals surface area (Å²) in [6.07, 6.45) is 6.08. The van der Waals surface area contributed by atoms with Crippen LogP contribution in [0, 0.1) is 5.41 Å². The van der Waals surface area contributed by atoms with Gasteiger partial charge in [0.1, 0.15) is 0 Å². The fourth-order valence-electron chi connectivity index (χ4n) is 2.31. The molecule has 0 aliphatic heterocycles. The van der Waals surface area contributed by atoms with Crippen LogP contribution in [0.25, 0.3) is 0 Å². The number of hydrogen-bond donors (Lipinski definition) is 3. The third-order valence-corrected chi connectivity index (χ3v) is 4.01. The quantitative estimate of drug-likeness (QED) is 0.350. The van der Waals surface area contributed by atoms with E-state index < -0.39 is 0 Å². The Hall–Kier alpha value is -0.530. The molecule has 1 fully saturated rings. The number of nitrogens with zero attached hydrogens (tertiary/aromatic N) is 1.